The van der Waals surface area contributed by atoms with Crippen LogP contribution in [0.2, 0.25) is 0 Å². The van der Waals surface area contributed by atoms with Gasteiger partial charge in [0.25, 0.3) is 0 Å². The van der Waals surface area contributed by atoms with Crippen LogP contribution < -0.4 is 14.7 Å². The summed E-state index contributed by atoms with van der Waals surface area (Å²) >= 11 is 0. The largest absolute Gasteiger partial charge is 0.365 e. The zero-order valence-electron chi connectivity index (χ0n) is 21.6. The fourth-order valence-corrected chi connectivity index (χ4v) is 5.85. The summed E-state index contributed by atoms with van der Waals surface area (Å²) in [5, 5.41) is 9.07. The number of carbonyl (C=O) groups is 1. The molecule has 188 valence electrons. The predicted molar refractivity (Wildman–Crippen MR) is 142 cm³/mol. The molecule has 0 radical (unpaired) electrons. The number of anilines is 3. The van der Waals surface area contributed by atoms with Crippen LogP contribution in [-0.4, -0.2) is 72.9 Å². The van der Waals surface area contributed by atoms with Crippen molar-refractivity contribution >= 4 is 23.2 Å². The fraction of sp³-hybridized carbons (Fsp3) is 0.607. The predicted octanol–water partition coefficient (Wildman–Crippen LogP) is 3.98. The Morgan fingerprint density at radius 1 is 0.829 bits per heavy atom. The highest BCUT2D eigenvalue weighted by molar-refractivity contribution is 5.79. The van der Waals surface area contributed by atoms with E-state index in [4.69, 9.17) is 0 Å². The van der Waals surface area contributed by atoms with Gasteiger partial charge < -0.3 is 19.6 Å². The topological polar surface area (TPSA) is 55.8 Å². The third-order valence-corrected chi connectivity index (χ3v) is 8.18. The monoisotopic (exact) mass is 476 g/mol. The summed E-state index contributed by atoms with van der Waals surface area (Å²) in [6.07, 6.45) is 4.23. The molecular formula is C28H40N6O. The van der Waals surface area contributed by atoms with Crippen LogP contribution in [0.1, 0.15) is 45.1 Å². The van der Waals surface area contributed by atoms with E-state index < -0.39 is 0 Å². The van der Waals surface area contributed by atoms with Crippen molar-refractivity contribution in [3.05, 3.63) is 42.0 Å². The van der Waals surface area contributed by atoms with Crippen molar-refractivity contribution in [2.24, 2.45) is 11.8 Å². The van der Waals surface area contributed by atoms with Crippen molar-refractivity contribution in [3.63, 3.8) is 0 Å². The number of carbonyl (C=O) groups excluding carboxylic acids is 1. The van der Waals surface area contributed by atoms with Gasteiger partial charge in [-0.25, -0.2) is 0 Å². The molecule has 35 heavy (non-hydrogen) atoms. The van der Waals surface area contributed by atoms with E-state index in [0.717, 1.165) is 76.2 Å². The summed E-state index contributed by atoms with van der Waals surface area (Å²) in [4.78, 5) is 22.5. The molecule has 3 aliphatic heterocycles. The molecule has 3 saturated heterocycles. The lowest BCUT2D eigenvalue weighted by molar-refractivity contribution is -0.137. The van der Waals surface area contributed by atoms with Gasteiger partial charge in [-0.3, -0.25) is 4.79 Å². The maximum atomic E-state index is 13.3. The van der Waals surface area contributed by atoms with Crippen LogP contribution in [0.5, 0.6) is 0 Å². The molecule has 0 saturated carbocycles. The highest BCUT2D eigenvalue weighted by atomic mass is 16.2. The summed E-state index contributed by atoms with van der Waals surface area (Å²) in [5.74, 6) is 3.19. The van der Waals surface area contributed by atoms with Crippen molar-refractivity contribution in [2.75, 3.05) is 60.5 Å². The van der Waals surface area contributed by atoms with Gasteiger partial charge in [0.05, 0.1) is 0 Å². The number of aromatic nitrogens is 2. The van der Waals surface area contributed by atoms with Crippen LogP contribution in [0.25, 0.3) is 0 Å². The SMILES string of the molecule is Cc1cccc(N2CCN(C(=O)C3CCN(c4ccc(N5CCC(C)CC5)nn4)CC3)CC2C)c1. The van der Waals surface area contributed by atoms with Gasteiger partial charge in [-0.2, -0.15) is 0 Å². The van der Waals surface area contributed by atoms with Crippen LogP contribution in [0.3, 0.4) is 0 Å². The summed E-state index contributed by atoms with van der Waals surface area (Å²) in [7, 11) is 0. The summed E-state index contributed by atoms with van der Waals surface area (Å²) in [5.41, 5.74) is 2.54. The van der Waals surface area contributed by atoms with E-state index in [-0.39, 0.29) is 5.92 Å². The number of hydrogen-bond acceptors (Lipinski definition) is 6. The zero-order chi connectivity index (χ0) is 24.4. The Hall–Kier alpha value is -2.83. The number of nitrogens with zero attached hydrogens (tertiary/aromatic N) is 6. The summed E-state index contributed by atoms with van der Waals surface area (Å²) in [6.45, 7) is 13.1. The van der Waals surface area contributed by atoms with Crippen molar-refractivity contribution in [3.8, 4) is 0 Å². The Morgan fingerprint density at radius 3 is 2.03 bits per heavy atom. The Balaban J connectivity index is 1.12. The van der Waals surface area contributed by atoms with Crippen LogP contribution in [0.4, 0.5) is 17.3 Å². The van der Waals surface area contributed by atoms with Gasteiger partial charge in [-0.1, -0.05) is 19.1 Å². The number of amides is 1. The molecule has 5 rings (SSSR count). The molecule has 1 atom stereocenters. The standard InChI is InChI=1S/C28H40N6O/c1-21-9-13-31(14-10-21)26-7-8-27(30-29-26)32-15-11-24(12-16-32)28(35)33-17-18-34(23(3)20-33)25-6-4-5-22(2)19-25/h4-8,19,21,23-24H,9-18,20H2,1-3H3. The Morgan fingerprint density at radius 2 is 1.46 bits per heavy atom. The van der Waals surface area contributed by atoms with Crippen LogP contribution in [0, 0.1) is 18.8 Å². The van der Waals surface area contributed by atoms with Crippen molar-refractivity contribution in [2.45, 2.75) is 52.5 Å². The molecule has 2 aromatic rings. The molecule has 3 aliphatic rings. The van der Waals surface area contributed by atoms with Gasteiger partial charge in [0, 0.05) is 63.5 Å². The number of aryl methyl sites for hydroxylation is 1. The zero-order valence-corrected chi connectivity index (χ0v) is 21.6. The third-order valence-electron chi connectivity index (χ3n) is 8.18. The van der Waals surface area contributed by atoms with Crippen LogP contribution in [-0.2, 0) is 4.79 Å². The molecule has 0 bridgehead atoms. The molecule has 3 fully saturated rings. The maximum absolute atomic E-state index is 13.3. The highest BCUT2D eigenvalue weighted by Gasteiger charge is 2.33. The molecule has 7 heteroatoms. The van der Waals surface area contributed by atoms with E-state index in [1.54, 1.807) is 0 Å². The number of rotatable bonds is 4. The van der Waals surface area contributed by atoms with Gasteiger partial charge in [-0.15, -0.1) is 10.2 Å². The molecule has 1 amide bonds. The van der Waals surface area contributed by atoms with E-state index in [1.165, 1.54) is 24.1 Å². The number of piperazine rings is 1. The first-order valence-electron chi connectivity index (χ1n) is 13.4. The molecule has 7 nitrogen and oxygen atoms in total. The molecule has 1 unspecified atom stereocenters. The minimum atomic E-state index is 0.117. The van der Waals surface area contributed by atoms with Gasteiger partial charge in [0.1, 0.15) is 0 Å². The lowest BCUT2D eigenvalue weighted by Gasteiger charge is -2.43. The smallest absolute Gasteiger partial charge is 0.225 e. The Labute approximate surface area is 210 Å². The Kier molecular flexibility index (Phi) is 7.12. The van der Waals surface area contributed by atoms with E-state index in [1.807, 2.05) is 0 Å². The van der Waals surface area contributed by atoms with Crippen LogP contribution in [0.15, 0.2) is 36.4 Å². The van der Waals surface area contributed by atoms with Gasteiger partial charge in [0.2, 0.25) is 5.91 Å². The second kappa shape index (κ2) is 10.4. The highest BCUT2D eigenvalue weighted by Crippen LogP contribution is 2.27. The first-order valence-corrected chi connectivity index (χ1v) is 13.4. The molecule has 1 aromatic heterocycles. The van der Waals surface area contributed by atoms with Crippen molar-refractivity contribution in [1.82, 2.24) is 15.1 Å². The summed E-state index contributed by atoms with van der Waals surface area (Å²) in [6, 6.07) is 13.2. The molecule has 0 N–H and O–H groups in total. The van der Waals surface area contributed by atoms with E-state index >= 15 is 0 Å². The van der Waals surface area contributed by atoms with Crippen LogP contribution >= 0.6 is 0 Å². The lowest BCUT2D eigenvalue weighted by atomic mass is 9.94. The molecule has 4 heterocycles. The van der Waals surface area contributed by atoms with E-state index in [2.05, 4.69) is 87.0 Å². The molecule has 1 aromatic carbocycles. The molecule has 0 spiro atoms. The Bertz CT molecular complexity index is 995. The second-order valence-corrected chi connectivity index (χ2v) is 10.8. The quantitative estimate of drug-likeness (QED) is 0.666. The maximum Gasteiger partial charge on any atom is 0.225 e. The average molecular weight is 477 g/mol. The number of piperidine rings is 2. The van der Waals surface area contributed by atoms with E-state index in [9.17, 15) is 4.79 Å². The third kappa shape index (κ3) is 5.39. The minimum Gasteiger partial charge on any atom is -0.365 e. The van der Waals surface area contributed by atoms with Crippen molar-refractivity contribution in [1.29, 1.82) is 0 Å². The van der Waals surface area contributed by atoms with Gasteiger partial charge in [0.15, 0.2) is 11.6 Å². The number of hydrogen-bond donors (Lipinski definition) is 0. The fourth-order valence-electron chi connectivity index (χ4n) is 5.85. The normalized spacial score (nSPS) is 22.5. The lowest BCUT2D eigenvalue weighted by Crippen LogP contribution is -2.55. The van der Waals surface area contributed by atoms with E-state index in [0.29, 0.717) is 11.9 Å². The van der Waals surface area contributed by atoms with Gasteiger partial charge in [-0.05, 0) is 75.3 Å². The second-order valence-electron chi connectivity index (χ2n) is 10.8. The minimum absolute atomic E-state index is 0.117. The van der Waals surface area contributed by atoms with Gasteiger partial charge >= 0.3 is 0 Å². The first kappa shape index (κ1) is 23.9. The summed E-state index contributed by atoms with van der Waals surface area (Å²) < 4.78 is 0. The van der Waals surface area contributed by atoms with Crippen molar-refractivity contribution < 1.29 is 4.79 Å². The molecular weight excluding hydrogens is 436 g/mol. The molecule has 0 aliphatic carbocycles. The number of benzene rings is 1. The first-order chi connectivity index (χ1) is 17.0. The average Bonchev–Trinajstić information content (AvgIpc) is 2.89.